The molecule has 0 spiro atoms. The van der Waals surface area contributed by atoms with Crippen LogP contribution in [0.4, 0.5) is 4.79 Å². The van der Waals surface area contributed by atoms with Gasteiger partial charge in [-0.2, -0.15) is 0 Å². The maximum atomic E-state index is 12.2. The average molecular weight is 292 g/mol. The molecule has 0 aromatic carbocycles. The van der Waals surface area contributed by atoms with Crippen LogP contribution in [0.2, 0.25) is 0 Å². The molecule has 21 heavy (non-hydrogen) atoms. The highest BCUT2D eigenvalue weighted by molar-refractivity contribution is 5.78. The highest BCUT2D eigenvalue weighted by atomic mass is 16.4. The van der Waals surface area contributed by atoms with Gasteiger partial charge in [0.05, 0.1) is 17.7 Å². The highest BCUT2D eigenvalue weighted by Gasteiger charge is 2.42. The van der Waals surface area contributed by atoms with Crippen molar-refractivity contribution in [3.63, 3.8) is 0 Å². The first-order chi connectivity index (χ1) is 10.1. The number of nitrogens with zero attached hydrogens (tertiary/aromatic N) is 3. The first-order valence-corrected chi connectivity index (χ1v) is 7.08. The Balaban J connectivity index is 1.94. The van der Waals surface area contributed by atoms with Crippen LogP contribution in [0.15, 0.2) is 18.6 Å². The minimum absolute atomic E-state index is 0.243. The first-order valence-electron chi connectivity index (χ1n) is 7.08. The molecule has 1 fully saturated rings. The molecule has 114 valence electrons. The van der Waals surface area contributed by atoms with E-state index in [1.165, 1.54) is 6.33 Å². The van der Waals surface area contributed by atoms with Crippen LogP contribution in [0.3, 0.4) is 0 Å². The van der Waals surface area contributed by atoms with Crippen molar-refractivity contribution < 1.29 is 14.7 Å². The van der Waals surface area contributed by atoms with E-state index >= 15 is 0 Å². The Morgan fingerprint density at radius 2 is 2.33 bits per heavy atom. The summed E-state index contributed by atoms with van der Waals surface area (Å²) in [7, 11) is 0. The number of hydrogen-bond acceptors (Lipinski definition) is 4. The number of carboxylic acids is 1. The SMILES string of the molecule is CCC1(C(=O)O)CCCN(C(=O)NCc2ccncn2)C1. The number of urea groups is 1. The lowest BCUT2D eigenvalue weighted by Crippen LogP contribution is -2.52. The molecule has 0 saturated carbocycles. The van der Waals surface area contributed by atoms with Crippen molar-refractivity contribution in [3.8, 4) is 0 Å². The zero-order valence-corrected chi connectivity index (χ0v) is 12.1. The Bertz CT molecular complexity index is 508. The van der Waals surface area contributed by atoms with Gasteiger partial charge in [0.1, 0.15) is 6.33 Å². The Morgan fingerprint density at radius 1 is 1.52 bits per heavy atom. The minimum atomic E-state index is -0.821. The number of hydrogen-bond donors (Lipinski definition) is 2. The summed E-state index contributed by atoms with van der Waals surface area (Å²) in [5.41, 5.74) is -0.0971. The van der Waals surface area contributed by atoms with E-state index in [0.717, 1.165) is 5.69 Å². The fraction of sp³-hybridized carbons (Fsp3) is 0.571. The van der Waals surface area contributed by atoms with Gasteiger partial charge in [-0.1, -0.05) is 6.92 Å². The molecular weight excluding hydrogens is 272 g/mol. The first kappa shape index (κ1) is 15.2. The number of carbonyl (C=O) groups excluding carboxylic acids is 1. The van der Waals surface area contributed by atoms with Crippen molar-refractivity contribution >= 4 is 12.0 Å². The van der Waals surface area contributed by atoms with Crippen molar-refractivity contribution in [2.75, 3.05) is 13.1 Å². The fourth-order valence-electron chi connectivity index (χ4n) is 2.62. The summed E-state index contributed by atoms with van der Waals surface area (Å²) in [6.07, 6.45) is 4.89. The third-order valence-corrected chi connectivity index (χ3v) is 4.06. The predicted molar refractivity (Wildman–Crippen MR) is 75.4 cm³/mol. The summed E-state index contributed by atoms with van der Waals surface area (Å²) in [5.74, 6) is -0.821. The maximum absolute atomic E-state index is 12.2. The van der Waals surface area contributed by atoms with Crippen LogP contribution in [-0.4, -0.2) is 45.1 Å². The molecule has 2 heterocycles. The molecule has 0 aliphatic carbocycles. The summed E-state index contributed by atoms with van der Waals surface area (Å²) in [5, 5.41) is 12.2. The zero-order valence-electron chi connectivity index (χ0n) is 12.1. The second-order valence-corrected chi connectivity index (χ2v) is 5.32. The number of carbonyl (C=O) groups is 2. The van der Waals surface area contributed by atoms with Crippen LogP contribution in [0.5, 0.6) is 0 Å². The summed E-state index contributed by atoms with van der Waals surface area (Å²) in [4.78, 5) is 33.1. The van der Waals surface area contributed by atoms with Crippen LogP contribution >= 0.6 is 0 Å². The molecule has 0 bridgehead atoms. The van der Waals surface area contributed by atoms with Crippen LogP contribution in [0.25, 0.3) is 0 Å². The Labute approximate surface area is 123 Å². The Kier molecular flexibility index (Phi) is 4.72. The Hall–Kier alpha value is -2.18. The number of piperidine rings is 1. The van der Waals surface area contributed by atoms with E-state index < -0.39 is 11.4 Å². The molecule has 2 amide bonds. The summed E-state index contributed by atoms with van der Waals surface area (Å²) in [6, 6.07) is 1.48. The number of nitrogens with one attached hydrogen (secondary N) is 1. The van der Waals surface area contributed by atoms with Gasteiger partial charge in [0.25, 0.3) is 0 Å². The lowest BCUT2D eigenvalue weighted by atomic mass is 9.78. The number of carboxylic acid groups (broad SMARTS) is 1. The molecule has 2 rings (SSSR count). The second kappa shape index (κ2) is 6.51. The van der Waals surface area contributed by atoms with Crippen molar-refractivity contribution in [1.29, 1.82) is 0 Å². The molecule has 1 unspecified atom stereocenters. The van der Waals surface area contributed by atoms with E-state index in [2.05, 4.69) is 15.3 Å². The molecule has 1 aromatic heterocycles. The molecule has 1 aromatic rings. The third-order valence-electron chi connectivity index (χ3n) is 4.06. The monoisotopic (exact) mass is 292 g/mol. The van der Waals surface area contributed by atoms with Gasteiger partial charge in [0, 0.05) is 19.3 Å². The van der Waals surface area contributed by atoms with E-state index in [-0.39, 0.29) is 12.6 Å². The lowest BCUT2D eigenvalue weighted by Gasteiger charge is -2.39. The van der Waals surface area contributed by atoms with E-state index in [1.54, 1.807) is 17.2 Å². The number of rotatable bonds is 4. The number of aliphatic carboxylic acids is 1. The molecular formula is C14H20N4O3. The van der Waals surface area contributed by atoms with E-state index in [0.29, 0.717) is 32.4 Å². The van der Waals surface area contributed by atoms with Crippen molar-refractivity contribution in [2.24, 2.45) is 5.41 Å². The largest absolute Gasteiger partial charge is 0.481 e. The smallest absolute Gasteiger partial charge is 0.317 e. The Morgan fingerprint density at radius 3 is 2.95 bits per heavy atom. The summed E-state index contributed by atoms with van der Waals surface area (Å²) in [6.45, 7) is 3.01. The van der Waals surface area contributed by atoms with Gasteiger partial charge in [-0.15, -0.1) is 0 Å². The normalized spacial score (nSPS) is 21.9. The van der Waals surface area contributed by atoms with E-state index in [4.69, 9.17) is 0 Å². The summed E-state index contributed by atoms with van der Waals surface area (Å²) >= 11 is 0. The average Bonchev–Trinajstić information content (AvgIpc) is 2.53. The van der Waals surface area contributed by atoms with Gasteiger partial charge in [0.15, 0.2) is 0 Å². The lowest BCUT2D eigenvalue weighted by molar-refractivity contribution is -0.152. The topological polar surface area (TPSA) is 95.4 Å². The van der Waals surface area contributed by atoms with Crippen LogP contribution in [0.1, 0.15) is 31.9 Å². The van der Waals surface area contributed by atoms with Crippen molar-refractivity contribution in [1.82, 2.24) is 20.2 Å². The van der Waals surface area contributed by atoms with Crippen molar-refractivity contribution in [2.45, 2.75) is 32.7 Å². The molecule has 2 N–H and O–H groups in total. The van der Waals surface area contributed by atoms with Crippen LogP contribution < -0.4 is 5.32 Å². The van der Waals surface area contributed by atoms with Gasteiger partial charge < -0.3 is 15.3 Å². The predicted octanol–water partition coefficient (Wildman–Crippen LogP) is 1.26. The van der Waals surface area contributed by atoms with Crippen LogP contribution in [-0.2, 0) is 11.3 Å². The minimum Gasteiger partial charge on any atom is -0.481 e. The van der Waals surface area contributed by atoms with Gasteiger partial charge in [0.2, 0.25) is 0 Å². The maximum Gasteiger partial charge on any atom is 0.317 e. The van der Waals surface area contributed by atoms with Gasteiger partial charge in [-0.3, -0.25) is 4.79 Å². The number of likely N-dealkylation sites (tertiary alicyclic amines) is 1. The molecule has 7 nitrogen and oxygen atoms in total. The summed E-state index contributed by atoms with van der Waals surface area (Å²) < 4.78 is 0. The zero-order chi connectivity index (χ0) is 15.3. The molecule has 7 heteroatoms. The highest BCUT2D eigenvalue weighted by Crippen LogP contribution is 2.33. The molecule has 1 aliphatic heterocycles. The van der Waals surface area contributed by atoms with E-state index in [9.17, 15) is 14.7 Å². The molecule has 1 atom stereocenters. The van der Waals surface area contributed by atoms with E-state index in [1.807, 2.05) is 6.92 Å². The third kappa shape index (κ3) is 3.48. The number of aromatic nitrogens is 2. The molecule has 1 saturated heterocycles. The standard InChI is InChI=1S/C14H20N4O3/c1-2-14(12(19)20)5-3-7-18(9-14)13(21)16-8-11-4-6-15-10-17-11/h4,6,10H,2-3,5,7-9H2,1H3,(H,16,21)(H,19,20). The van der Waals surface area contributed by atoms with Gasteiger partial charge in [-0.25, -0.2) is 14.8 Å². The van der Waals surface area contributed by atoms with Crippen molar-refractivity contribution in [3.05, 3.63) is 24.3 Å². The van der Waals surface area contributed by atoms with Gasteiger partial charge >= 0.3 is 12.0 Å². The number of amides is 2. The second-order valence-electron chi connectivity index (χ2n) is 5.32. The van der Waals surface area contributed by atoms with Crippen LogP contribution in [0, 0.1) is 5.41 Å². The molecule has 1 aliphatic rings. The fourth-order valence-corrected chi connectivity index (χ4v) is 2.62. The van der Waals surface area contributed by atoms with Gasteiger partial charge in [-0.05, 0) is 25.3 Å². The molecule has 0 radical (unpaired) electrons. The quantitative estimate of drug-likeness (QED) is 0.871.